The molecule has 3 rings (SSSR count). The normalized spacial score (nSPS) is 13.4. The molecule has 0 fully saturated rings. The van der Waals surface area contributed by atoms with Gasteiger partial charge in [0.05, 0.1) is 11.1 Å². The van der Waals surface area contributed by atoms with Crippen LogP contribution < -0.4 is 10.5 Å². The Kier molecular flexibility index (Phi) is 4.75. The number of fused-ring (bicyclic) bond motifs is 1. The van der Waals surface area contributed by atoms with Crippen LogP contribution >= 0.6 is 0 Å². The molecule has 0 atom stereocenters. The molecule has 2 aromatic rings. The molecule has 0 saturated carbocycles. The van der Waals surface area contributed by atoms with Crippen LogP contribution in [0.1, 0.15) is 31.3 Å². The number of esters is 1. The van der Waals surface area contributed by atoms with Gasteiger partial charge in [-0.15, -0.1) is 0 Å². The largest absolute Gasteiger partial charge is 0.450 e. The Morgan fingerprint density at radius 1 is 1.14 bits per heavy atom. The van der Waals surface area contributed by atoms with E-state index in [2.05, 4.69) is 5.32 Å². The minimum absolute atomic E-state index is 0.147. The van der Waals surface area contributed by atoms with E-state index in [9.17, 15) is 27.6 Å². The predicted octanol–water partition coefficient (Wildman–Crippen LogP) is -0.0517. The fourth-order valence-corrected chi connectivity index (χ4v) is 2.88. The first kappa shape index (κ1) is 19.3. The Morgan fingerprint density at radius 2 is 1.82 bits per heavy atom. The summed E-state index contributed by atoms with van der Waals surface area (Å²) in [7, 11) is -2.77. The minimum Gasteiger partial charge on any atom is -0.450 e. The smallest absolute Gasteiger partial charge is 0.374 e. The van der Waals surface area contributed by atoms with Gasteiger partial charge in [-0.3, -0.25) is 19.3 Å². The third-order valence-electron chi connectivity index (χ3n) is 3.77. The van der Waals surface area contributed by atoms with Gasteiger partial charge in [0.1, 0.15) is 0 Å². The molecule has 3 amide bonds. The van der Waals surface area contributed by atoms with Gasteiger partial charge in [-0.25, -0.2) is 18.4 Å². The van der Waals surface area contributed by atoms with E-state index in [0.717, 1.165) is 17.0 Å². The first-order valence-electron chi connectivity index (χ1n) is 7.64. The highest BCUT2D eigenvalue weighted by molar-refractivity contribution is 7.89. The number of ether oxygens (including phenoxy) is 1. The van der Waals surface area contributed by atoms with E-state index in [-0.39, 0.29) is 16.8 Å². The number of primary sulfonamides is 1. The number of carbonyl (C=O) groups is 4. The zero-order chi connectivity index (χ0) is 20.6. The van der Waals surface area contributed by atoms with Crippen LogP contribution in [0, 0.1) is 0 Å². The summed E-state index contributed by atoms with van der Waals surface area (Å²) >= 11 is 0. The molecule has 11 nitrogen and oxygen atoms in total. The fourth-order valence-electron chi connectivity index (χ4n) is 2.42. The number of imide groups is 1. The Bertz CT molecular complexity index is 1120. The summed E-state index contributed by atoms with van der Waals surface area (Å²) in [6.45, 7) is -0.700. The standard InChI is InChI=1S/C16H13N3O8S/c1-19-14(21)9-3-2-8(6-10(9)15(19)22)18-12(20)7-26-16(23)11-4-5-13(27-11)28(17,24)25/h2-6H,7H2,1H3,(H,18,20)(H2,17,24,25). The van der Waals surface area contributed by atoms with Gasteiger partial charge in [-0.2, -0.15) is 0 Å². The highest BCUT2D eigenvalue weighted by Gasteiger charge is 2.32. The van der Waals surface area contributed by atoms with Crippen molar-refractivity contribution < 1.29 is 36.7 Å². The van der Waals surface area contributed by atoms with Gasteiger partial charge in [0.2, 0.25) is 10.9 Å². The van der Waals surface area contributed by atoms with Crippen molar-refractivity contribution in [1.29, 1.82) is 0 Å². The van der Waals surface area contributed by atoms with Gasteiger partial charge in [-0.1, -0.05) is 0 Å². The van der Waals surface area contributed by atoms with Crippen LogP contribution in [0.4, 0.5) is 5.69 Å². The Balaban J connectivity index is 1.61. The van der Waals surface area contributed by atoms with E-state index in [0.29, 0.717) is 0 Å². The summed E-state index contributed by atoms with van der Waals surface area (Å²) in [6, 6.07) is 6.18. The molecule has 1 aliphatic heterocycles. The third kappa shape index (κ3) is 3.63. The molecule has 0 aliphatic carbocycles. The van der Waals surface area contributed by atoms with E-state index in [1.54, 1.807) is 0 Å². The molecular formula is C16H13N3O8S. The number of benzene rings is 1. The van der Waals surface area contributed by atoms with Gasteiger partial charge >= 0.3 is 5.97 Å². The number of anilines is 1. The van der Waals surface area contributed by atoms with Gasteiger partial charge < -0.3 is 14.5 Å². The van der Waals surface area contributed by atoms with E-state index < -0.39 is 51.2 Å². The van der Waals surface area contributed by atoms with E-state index in [4.69, 9.17) is 14.3 Å². The summed E-state index contributed by atoms with van der Waals surface area (Å²) < 4.78 is 31.7. The average molecular weight is 407 g/mol. The van der Waals surface area contributed by atoms with Crippen molar-refractivity contribution in [2.75, 3.05) is 19.0 Å². The highest BCUT2D eigenvalue weighted by atomic mass is 32.2. The maximum absolute atomic E-state index is 12.0. The summed E-state index contributed by atoms with van der Waals surface area (Å²) in [5, 5.41) is 6.65. The van der Waals surface area contributed by atoms with Crippen LogP contribution in [0.3, 0.4) is 0 Å². The van der Waals surface area contributed by atoms with Crippen molar-refractivity contribution in [3.05, 3.63) is 47.2 Å². The Morgan fingerprint density at radius 3 is 2.46 bits per heavy atom. The Labute approximate surface area is 158 Å². The number of carbonyl (C=O) groups excluding carboxylic acids is 4. The monoisotopic (exact) mass is 407 g/mol. The molecule has 1 aromatic heterocycles. The molecule has 0 spiro atoms. The van der Waals surface area contributed by atoms with Crippen LogP contribution in [0.15, 0.2) is 39.8 Å². The first-order valence-corrected chi connectivity index (χ1v) is 9.18. The van der Waals surface area contributed by atoms with Gasteiger partial charge in [0, 0.05) is 12.7 Å². The lowest BCUT2D eigenvalue weighted by atomic mass is 10.1. The summed E-state index contributed by atoms with van der Waals surface area (Å²) in [4.78, 5) is 48.4. The summed E-state index contributed by atoms with van der Waals surface area (Å²) in [5.41, 5.74) is 0.597. The van der Waals surface area contributed by atoms with Crippen LogP contribution in [-0.4, -0.2) is 50.7 Å². The van der Waals surface area contributed by atoms with Gasteiger partial charge in [0.15, 0.2) is 6.61 Å². The topological polar surface area (TPSA) is 166 Å². The quantitative estimate of drug-likeness (QED) is 0.514. The molecule has 0 radical (unpaired) electrons. The molecule has 0 unspecified atom stereocenters. The number of hydrogen-bond donors (Lipinski definition) is 2. The van der Waals surface area contributed by atoms with E-state index in [1.807, 2.05) is 0 Å². The van der Waals surface area contributed by atoms with Gasteiger partial charge in [-0.05, 0) is 30.3 Å². The van der Waals surface area contributed by atoms with Crippen molar-refractivity contribution in [3.63, 3.8) is 0 Å². The lowest BCUT2D eigenvalue weighted by Crippen LogP contribution is -2.24. The molecule has 1 aliphatic rings. The zero-order valence-corrected chi connectivity index (χ0v) is 15.1. The lowest BCUT2D eigenvalue weighted by Gasteiger charge is -2.06. The highest BCUT2D eigenvalue weighted by Crippen LogP contribution is 2.24. The maximum atomic E-state index is 12.0. The maximum Gasteiger partial charge on any atom is 0.374 e. The number of nitrogens with two attached hydrogens (primary N) is 1. The predicted molar refractivity (Wildman–Crippen MR) is 91.9 cm³/mol. The van der Waals surface area contributed by atoms with Crippen LogP contribution in [0.2, 0.25) is 0 Å². The molecule has 146 valence electrons. The lowest BCUT2D eigenvalue weighted by molar-refractivity contribution is -0.119. The second kappa shape index (κ2) is 6.90. The molecule has 12 heteroatoms. The number of sulfonamides is 1. The number of nitrogens with one attached hydrogen (secondary N) is 1. The fraction of sp³-hybridized carbons (Fsp3) is 0.125. The number of amides is 3. The molecule has 0 saturated heterocycles. The molecule has 0 bridgehead atoms. The molecule has 28 heavy (non-hydrogen) atoms. The van der Waals surface area contributed by atoms with Crippen LogP contribution in [-0.2, 0) is 19.6 Å². The SMILES string of the molecule is CN1C(=O)c2ccc(NC(=O)COC(=O)c3ccc(S(N)(=O)=O)o3)cc2C1=O. The minimum atomic E-state index is -4.11. The number of rotatable bonds is 5. The Hall–Kier alpha value is -3.51. The van der Waals surface area contributed by atoms with Crippen molar-refractivity contribution in [2.45, 2.75) is 5.09 Å². The van der Waals surface area contributed by atoms with Crippen molar-refractivity contribution >= 4 is 39.4 Å². The van der Waals surface area contributed by atoms with E-state index >= 15 is 0 Å². The van der Waals surface area contributed by atoms with E-state index in [1.165, 1.54) is 25.2 Å². The second-order valence-corrected chi connectivity index (χ2v) is 7.21. The number of furan rings is 1. The second-order valence-electron chi connectivity index (χ2n) is 5.72. The summed E-state index contributed by atoms with van der Waals surface area (Å²) in [5.74, 6) is -3.17. The van der Waals surface area contributed by atoms with Gasteiger partial charge in [0.25, 0.3) is 27.7 Å². The number of nitrogens with zero attached hydrogens (tertiary/aromatic N) is 1. The molecule has 3 N–H and O–H groups in total. The van der Waals surface area contributed by atoms with Crippen molar-refractivity contribution in [1.82, 2.24) is 4.90 Å². The average Bonchev–Trinajstić information content (AvgIpc) is 3.21. The summed E-state index contributed by atoms with van der Waals surface area (Å²) in [6.07, 6.45) is 0. The first-order chi connectivity index (χ1) is 13.1. The van der Waals surface area contributed by atoms with Crippen LogP contribution in [0.25, 0.3) is 0 Å². The third-order valence-corrected chi connectivity index (χ3v) is 4.55. The molecular weight excluding hydrogens is 394 g/mol. The number of hydrogen-bond acceptors (Lipinski definition) is 8. The molecule has 1 aromatic carbocycles. The van der Waals surface area contributed by atoms with Crippen molar-refractivity contribution in [3.8, 4) is 0 Å². The molecule has 2 heterocycles. The van der Waals surface area contributed by atoms with Crippen LogP contribution in [0.5, 0.6) is 0 Å². The van der Waals surface area contributed by atoms with Crippen molar-refractivity contribution in [2.24, 2.45) is 5.14 Å². The zero-order valence-electron chi connectivity index (χ0n) is 14.3.